The maximum atomic E-state index is 12.8. The number of hydrogen-bond donors (Lipinski definition) is 2. The Morgan fingerprint density at radius 2 is 1.71 bits per heavy atom. The number of aliphatic imine (C=N–C) groups is 1. The molecule has 3 aromatic rings. The van der Waals surface area contributed by atoms with E-state index in [0.29, 0.717) is 36.7 Å². The van der Waals surface area contributed by atoms with Crippen LogP contribution in [0.2, 0.25) is 0 Å². The first-order valence-corrected chi connectivity index (χ1v) is 13.2. The number of sulfonamides is 1. The summed E-state index contributed by atoms with van der Waals surface area (Å²) in [6, 6.07) is 23.8. The highest BCUT2D eigenvalue weighted by Gasteiger charge is 2.18. The summed E-state index contributed by atoms with van der Waals surface area (Å²) in [7, 11) is -3.79. The van der Waals surface area contributed by atoms with Gasteiger partial charge in [0.15, 0.2) is 6.61 Å². The molecule has 0 unspecified atom stereocenters. The number of amidine groups is 1. The fourth-order valence-corrected chi connectivity index (χ4v) is 4.99. The van der Waals surface area contributed by atoms with Gasteiger partial charge in [0.2, 0.25) is 0 Å². The van der Waals surface area contributed by atoms with Gasteiger partial charge in [-0.1, -0.05) is 61.0 Å². The zero-order valence-electron chi connectivity index (χ0n) is 19.4. The van der Waals surface area contributed by atoms with Crippen molar-refractivity contribution in [2.45, 2.75) is 37.0 Å². The van der Waals surface area contributed by atoms with Crippen LogP contribution in [0.25, 0.3) is 0 Å². The van der Waals surface area contributed by atoms with Gasteiger partial charge in [-0.2, -0.15) is 0 Å². The summed E-state index contributed by atoms with van der Waals surface area (Å²) in [5.74, 6) is 0.742. The van der Waals surface area contributed by atoms with Crippen LogP contribution in [-0.2, 0) is 21.2 Å². The standard InChI is InChI=1S/C27H29N3O4S/c31-27(20-34-25-15-7-6-12-22(25)18-21-10-3-1-4-11-21)29-23-13-9-14-24(19-23)35(32,33)30-26-16-5-2-8-17-28-26/h1,3-4,6-7,9-15,19H,2,5,8,16-18,20H2,(H,28,30)(H,29,31). The Morgan fingerprint density at radius 3 is 2.57 bits per heavy atom. The number of hydrogen-bond acceptors (Lipinski definition) is 5. The number of para-hydroxylation sites is 1. The number of ether oxygens (including phenoxy) is 1. The molecule has 0 saturated heterocycles. The number of carbonyl (C=O) groups is 1. The molecule has 7 nitrogen and oxygen atoms in total. The van der Waals surface area contributed by atoms with Crippen molar-refractivity contribution in [3.8, 4) is 5.75 Å². The molecule has 0 radical (unpaired) electrons. The number of amides is 1. The van der Waals surface area contributed by atoms with Crippen LogP contribution in [0.15, 0.2) is 88.8 Å². The maximum Gasteiger partial charge on any atom is 0.262 e. The molecule has 4 rings (SSSR count). The predicted molar refractivity (Wildman–Crippen MR) is 137 cm³/mol. The van der Waals surface area contributed by atoms with E-state index < -0.39 is 10.0 Å². The van der Waals surface area contributed by atoms with Crippen molar-refractivity contribution < 1.29 is 17.9 Å². The van der Waals surface area contributed by atoms with E-state index in [9.17, 15) is 13.2 Å². The van der Waals surface area contributed by atoms with E-state index in [1.165, 1.54) is 12.1 Å². The summed E-state index contributed by atoms with van der Waals surface area (Å²) >= 11 is 0. The Bertz CT molecular complexity index is 1290. The van der Waals surface area contributed by atoms with E-state index in [4.69, 9.17) is 4.74 Å². The third kappa shape index (κ3) is 7.16. The van der Waals surface area contributed by atoms with Crippen LogP contribution in [0.3, 0.4) is 0 Å². The fourth-order valence-electron chi connectivity index (χ4n) is 3.86. The van der Waals surface area contributed by atoms with Gasteiger partial charge in [0.1, 0.15) is 11.6 Å². The monoisotopic (exact) mass is 491 g/mol. The first-order chi connectivity index (χ1) is 17.0. The molecular weight excluding hydrogens is 462 g/mol. The van der Waals surface area contributed by atoms with Crippen molar-refractivity contribution in [2.75, 3.05) is 18.5 Å². The molecule has 1 aliphatic heterocycles. The third-order valence-corrected chi connectivity index (χ3v) is 7.00. The van der Waals surface area contributed by atoms with E-state index in [-0.39, 0.29) is 17.4 Å². The molecular formula is C27H29N3O4S. The number of nitrogens with one attached hydrogen (secondary N) is 2. The third-order valence-electron chi connectivity index (χ3n) is 5.62. The average Bonchev–Trinajstić information content (AvgIpc) is 3.12. The summed E-state index contributed by atoms with van der Waals surface area (Å²) in [4.78, 5) is 16.9. The first-order valence-electron chi connectivity index (χ1n) is 11.7. The summed E-state index contributed by atoms with van der Waals surface area (Å²) in [6.45, 7) is 0.431. The maximum absolute atomic E-state index is 12.8. The lowest BCUT2D eigenvalue weighted by Gasteiger charge is -2.13. The van der Waals surface area contributed by atoms with Gasteiger partial charge in [-0.3, -0.25) is 14.5 Å². The summed E-state index contributed by atoms with van der Waals surface area (Å²) in [5.41, 5.74) is 2.50. The molecule has 0 bridgehead atoms. The number of rotatable bonds is 8. The molecule has 3 aromatic carbocycles. The van der Waals surface area contributed by atoms with Crippen molar-refractivity contribution >= 4 is 27.5 Å². The Hall–Kier alpha value is -3.65. The van der Waals surface area contributed by atoms with Gasteiger partial charge in [-0.05, 0) is 48.2 Å². The molecule has 1 aliphatic rings. The van der Waals surface area contributed by atoms with Gasteiger partial charge >= 0.3 is 0 Å². The molecule has 0 aromatic heterocycles. The zero-order valence-corrected chi connectivity index (χ0v) is 20.3. The second kappa shape index (κ2) is 11.7. The molecule has 0 atom stereocenters. The Labute approximate surface area is 206 Å². The van der Waals surface area contributed by atoms with Crippen LogP contribution in [0.4, 0.5) is 5.69 Å². The number of anilines is 1. The van der Waals surface area contributed by atoms with Crippen molar-refractivity contribution in [3.63, 3.8) is 0 Å². The van der Waals surface area contributed by atoms with Gasteiger partial charge in [-0.25, -0.2) is 8.42 Å². The molecule has 8 heteroatoms. The van der Waals surface area contributed by atoms with E-state index in [2.05, 4.69) is 15.0 Å². The van der Waals surface area contributed by atoms with Gasteiger partial charge in [0.05, 0.1) is 4.90 Å². The van der Waals surface area contributed by atoms with Crippen LogP contribution in [0.5, 0.6) is 5.75 Å². The highest BCUT2D eigenvalue weighted by atomic mass is 32.2. The largest absolute Gasteiger partial charge is 0.483 e. The Kier molecular flexibility index (Phi) is 8.15. The van der Waals surface area contributed by atoms with Gasteiger partial charge in [-0.15, -0.1) is 0 Å². The van der Waals surface area contributed by atoms with Crippen LogP contribution in [0.1, 0.15) is 36.8 Å². The minimum atomic E-state index is -3.79. The lowest BCUT2D eigenvalue weighted by Crippen LogP contribution is -2.30. The minimum absolute atomic E-state index is 0.0661. The summed E-state index contributed by atoms with van der Waals surface area (Å²) in [5, 5.41) is 2.72. The smallest absolute Gasteiger partial charge is 0.262 e. The zero-order chi connectivity index (χ0) is 24.5. The van der Waals surface area contributed by atoms with Crippen LogP contribution < -0.4 is 14.8 Å². The number of carbonyl (C=O) groups excluding carboxylic acids is 1. The van der Waals surface area contributed by atoms with Crippen molar-refractivity contribution in [1.82, 2.24) is 4.72 Å². The minimum Gasteiger partial charge on any atom is -0.483 e. The Morgan fingerprint density at radius 1 is 0.914 bits per heavy atom. The van der Waals surface area contributed by atoms with Crippen LogP contribution in [-0.4, -0.2) is 33.3 Å². The van der Waals surface area contributed by atoms with E-state index >= 15 is 0 Å². The molecule has 1 amide bonds. The van der Waals surface area contributed by atoms with E-state index in [0.717, 1.165) is 30.4 Å². The summed E-state index contributed by atoms with van der Waals surface area (Å²) in [6.07, 6.45) is 4.21. The SMILES string of the molecule is O=C(COc1ccccc1Cc1ccccc1)Nc1cccc(S(=O)(=O)NC2=NCCCCC2)c1. The lowest BCUT2D eigenvalue weighted by molar-refractivity contribution is -0.118. The molecule has 1 heterocycles. The van der Waals surface area contributed by atoms with Gasteiger partial charge < -0.3 is 10.1 Å². The lowest BCUT2D eigenvalue weighted by atomic mass is 10.0. The molecule has 0 saturated carbocycles. The highest BCUT2D eigenvalue weighted by Crippen LogP contribution is 2.22. The number of nitrogens with zero attached hydrogens (tertiary/aromatic N) is 1. The molecule has 35 heavy (non-hydrogen) atoms. The molecule has 182 valence electrons. The average molecular weight is 492 g/mol. The van der Waals surface area contributed by atoms with Gasteiger partial charge in [0, 0.05) is 25.1 Å². The highest BCUT2D eigenvalue weighted by molar-refractivity contribution is 7.90. The van der Waals surface area contributed by atoms with E-state index in [1.807, 2.05) is 54.6 Å². The quantitative estimate of drug-likeness (QED) is 0.483. The summed E-state index contributed by atoms with van der Waals surface area (Å²) < 4.78 is 34.0. The molecule has 2 N–H and O–H groups in total. The number of benzene rings is 3. The van der Waals surface area contributed by atoms with Crippen LogP contribution in [0, 0.1) is 0 Å². The second-order valence-corrected chi connectivity index (χ2v) is 10.1. The predicted octanol–water partition coefficient (Wildman–Crippen LogP) is 4.55. The fraction of sp³-hybridized carbons (Fsp3) is 0.259. The molecule has 0 fully saturated rings. The topological polar surface area (TPSA) is 96.9 Å². The van der Waals surface area contributed by atoms with Crippen molar-refractivity contribution in [2.24, 2.45) is 4.99 Å². The van der Waals surface area contributed by atoms with Crippen molar-refractivity contribution in [1.29, 1.82) is 0 Å². The van der Waals surface area contributed by atoms with E-state index in [1.54, 1.807) is 12.1 Å². The van der Waals surface area contributed by atoms with Crippen molar-refractivity contribution in [3.05, 3.63) is 90.0 Å². The normalized spacial score (nSPS) is 13.9. The first kappa shape index (κ1) is 24.5. The molecule has 0 aliphatic carbocycles. The Balaban J connectivity index is 1.37. The van der Waals surface area contributed by atoms with Gasteiger partial charge in [0.25, 0.3) is 15.9 Å². The molecule has 0 spiro atoms. The van der Waals surface area contributed by atoms with Crippen LogP contribution >= 0.6 is 0 Å². The second-order valence-electron chi connectivity index (χ2n) is 8.38.